The maximum absolute atomic E-state index is 13.7. The van der Waals surface area contributed by atoms with Gasteiger partial charge in [0.2, 0.25) is 15.9 Å². The van der Waals surface area contributed by atoms with Gasteiger partial charge in [-0.15, -0.1) is 0 Å². The largest absolute Gasteiger partial charge is 0.497 e. The van der Waals surface area contributed by atoms with E-state index in [2.05, 4.69) is 0 Å². The molecular weight excluding hydrogens is 518 g/mol. The molecule has 1 aromatic carbocycles. The van der Waals surface area contributed by atoms with E-state index in [-0.39, 0.29) is 48.9 Å². The highest BCUT2D eigenvalue weighted by molar-refractivity contribution is 7.89. The van der Waals surface area contributed by atoms with Gasteiger partial charge in [-0.1, -0.05) is 0 Å². The molecule has 0 spiro atoms. The Hall–Kier alpha value is -2.74. The van der Waals surface area contributed by atoms with Gasteiger partial charge in [-0.2, -0.15) is 4.31 Å². The fourth-order valence-electron chi connectivity index (χ4n) is 4.01. The van der Waals surface area contributed by atoms with Crippen LogP contribution >= 0.6 is 0 Å². The average Bonchev–Trinajstić information content (AvgIpc) is 2.89. The smallest absolute Gasteiger partial charge is 0.309 e. The molecule has 0 saturated carbocycles. The van der Waals surface area contributed by atoms with Crippen molar-refractivity contribution >= 4 is 27.8 Å². The highest BCUT2D eigenvalue weighted by Gasteiger charge is 2.38. The molecule has 1 unspecified atom stereocenters. The Balaban J connectivity index is 2.26. The molecule has 12 nitrogen and oxygen atoms in total. The summed E-state index contributed by atoms with van der Waals surface area (Å²) in [6, 6.07) is 4.16. The first-order chi connectivity index (χ1) is 17.8. The zero-order valence-electron chi connectivity index (χ0n) is 22.6. The third-order valence-electron chi connectivity index (χ3n) is 6.11. The summed E-state index contributed by atoms with van der Waals surface area (Å²) < 4.78 is 44.1. The van der Waals surface area contributed by atoms with E-state index >= 15 is 0 Å². The first kappa shape index (κ1) is 31.5. The number of sulfonamides is 1. The molecular formula is C25H39N3O9S. The highest BCUT2D eigenvalue weighted by atomic mass is 32.2. The third kappa shape index (κ3) is 8.65. The molecule has 13 heteroatoms. The quantitative estimate of drug-likeness (QED) is 0.222. The van der Waals surface area contributed by atoms with Gasteiger partial charge < -0.3 is 19.1 Å². The van der Waals surface area contributed by atoms with Crippen LogP contribution in [0.2, 0.25) is 0 Å². The first-order valence-electron chi connectivity index (χ1n) is 12.5. The van der Waals surface area contributed by atoms with E-state index in [1.807, 2.05) is 0 Å². The van der Waals surface area contributed by atoms with E-state index < -0.39 is 27.6 Å². The minimum Gasteiger partial charge on any atom is -0.497 e. The number of nitrogens with one attached hydrogen (secondary N) is 1. The van der Waals surface area contributed by atoms with Crippen LogP contribution in [0.25, 0.3) is 0 Å². The van der Waals surface area contributed by atoms with Gasteiger partial charge >= 0.3 is 5.97 Å². The predicted octanol–water partition coefficient (Wildman–Crippen LogP) is 1.57. The van der Waals surface area contributed by atoms with Crippen LogP contribution < -0.4 is 10.2 Å². The minimum absolute atomic E-state index is 0.118. The molecule has 0 aliphatic carbocycles. The summed E-state index contributed by atoms with van der Waals surface area (Å²) in [4.78, 5) is 39.1. The molecule has 0 aromatic heterocycles. The second kappa shape index (κ2) is 13.9. The number of hydrogen-bond donors (Lipinski definition) is 2. The molecule has 1 aliphatic heterocycles. The van der Waals surface area contributed by atoms with Crippen molar-refractivity contribution in [2.24, 2.45) is 5.92 Å². The molecule has 0 radical (unpaired) electrons. The number of nitrogens with zero attached hydrogens (tertiary/aromatic N) is 2. The second-order valence-electron chi connectivity index (χ2n) is 9.86. The number of carbonyl (C=O) groups is 3. The molecule has 1 fully saturated rings. The van der Waals surface area contributed by atoms with Crippen LogP contribution in [0.4, 0.5) is 0 Å². The molecule has 214 valence electrons. The van der Waals surface area contributed by atoms with E-state index in [1.165, 1.54) is 36.9 Å². The fourth-order valence-corrected chi connectivity index (χ4v) is 5.58. The summed E-state index contributed by atoms with van der Waals surface area (Å²) in [6.07, 6.45) is 0.686. The monoisotopic (exact) mass is 557 g/mol. The van der Waals surface area contributed by atoms with Gasteiger partial charge in [-0.3, -0.25) is 19.6 Å². The van der Waals surface area contributed by atoms with Gasteiger partial charge in [0, 0.05) is 26.1 Å². The van der Waals surface area contributed by atoms with Crippen LogP contribution in [-0.2, 0) is 33.9 Å². The van der Waals surface area contributed by atoms with Crippen molar-refractivity contribution in [3.63, 3.8) is 0 Å². The van der Waals surface area contributed by atoms with Crippen LogP contribution in [0.15, 0.2) is 29.2 Å². The average molecular weight is 558 g/mol. The van der Waals surface area contributed by atoms with Gasteiger partial charge in [0.25, 0.3) is 5.91 Å². The molecule has 1 aliphatic rings. The maximum Gasteiger partial charge on any atom is 0.309 e. The van der Waals surface area contributed by atoms with Crippen molar-refractivity contribution in [3.8, 4) is 5.75 Å². The number of methoxy groups -OCH3 is 1. The van der Waals surface area contributed by atoms with Gasteiger partial charge in [-0.25, -0.2) is 13.9 Å². The van der Waals surface area contributed by atoms with Crippen molar-refractivity contribution in [3.05, 3.63) is 24.3 Å². The number of carbonyl (C=O) groups excluding carboxylic acids is 3. The number of piperidine rings is 1. The van der Waals surface area contributed by atoms with E-state index in [4.69, 9.17) is 14.2 Å². The van der Waals surface area contributed by atoms with Crippen molar-refractivity contribution in [2.45, 2.75) is 63.5 Å². The number of hydroxylamine groups is 1. The molecule has 1 saturated heterocycles. The van der Waals surface area contributed by atoms with Crippen molar-refractivity contribution in [1.82, 2.24) is 14.7 Å². The molecule has 1 heterocycles. The van der Waals surface area contributed by atoms with Gasteiger partial charge in [0.1, 0.15) is 11.8 Å². The zero-order valence-corrected chi connectivity index (χ0v) is 23.5. The summed E-state index contributed by atoms with van der Waals surface area (Å²) in [5.74, 6) is -1.43. The van der Waals surface area contributed by atoms with E-state index in [0.717, 1.165) is 4.31 Å². The Kier molecular flexibility index (Phi) is 11.5. The number of amides is 2. The number of benzene rings is 1. The first-order valence-corrected chi connectivity index (χ1v) is 14.0. The summed E-state index contributed by atoms with van der Waals surface area (Å²) in [6.45, 7) is 7.23. The summed E-state index contributed by atoms with van der Waals surface area (Å²) in [5.41, 5.74) is 0.810. The standard InChI is InChI=1S/C25H39N3O9S/c1-6-36-24(31)18-11-14-27(15-12-18)22(29)13-16-28(21(23(30)26-32)17-37-25(2,3)4)38(33,34)20-9-7-19(35-5)8-10-20/h7-10,18,21,32H,6,11-17H2,1-5H3,(H,26,30). The van der Waals surface area contributed by atoms with Crippen molar-refractivity contribution < 1.29 is 42.2 Å². The van der Waals surface area contributed by atoms with E-state index in [9.17, 15) is 28.0 Å². The normalized spacial score (nSPS) is 15.7. The predicted molar refractivity (Wildman–Crippen MR) is 137 cm³/mol. The Morgan fingerprint density at radius 1 is 1.16 bits per heavy atom. The lowest BCUT2D eigenvalue weighted by molar-refractivity contribution is -0.151. The molecule has 38 heavy (non-hydrogen) atoms. The van der Waals surface area contributed by atoms with Crippen LogP contribution in [0.3, 0.4) is 0 Å². The summed E-state index contributed by atoms with van der Waals surface area (Å²) in [5, 5.41) is 9.37. The number of likely N-dealkylation sites (tertiary alicyclic amines) is 1. The summed E-state index contributed by atoms with van der Waals surface area (Å²) in [7, 11) is -2.86. The van der Waals surface area contributed by atoms with Crippen LogP contribution in [-0.4, -0.2) is 92.2 Å². The van der Waals surface area contributed by atoms with E-state index in [1.54, 1.807) is 32.6 Å². The highest BCUT2D eigenvalue weighted by Crippen LogP contribution is 2.24. The Morgan fingerprint density at radius 2 is 1.76 bits per heavy atom. The Morgan fingerprint density at radius 3 is 2.26 bits per heavy atom. The lowest BCUT2D eigenvalue weighted by Crippen LogP contribution is -2.53. The minimum atomic E-state index is -4.31. The lowest BCUT2D eigenvalue weighted by Gasteiger charge is -2.33. The number of hydrogen-bond acceptors (Lipinski definition) is 9. The lowest BCUT2D eigenvalue weighted by atomic mass is 9.97. The topological polar surface area (TPSA) is 152 Å². The number of rotatable bonds is 12. The van der Waals surface area contributed by atoms with E-state index in [0.29, 0.717) is 31.7 Å². The zero-order chi connectivity index (χ0) is 28.5. The molecule has 1 atom stereocenters. The molecule has 2 N–H and O–H groups in total. The second-order valence-corrected chi connectivity index (χ2v) is 11.8. The van der Waals surface area contributed by atoms with Gasteiger partial charge in [0.05, 0.1) is 36.7 Å². The fraction of sp³-hybridized carbons (Fsp3) is 0.640. The van der Waals surface area contributed by atoms with Crippen LogP contribution in [0.1, 0.15) is 47.0 Å². The van der Waals surface area contributed by atoms with Gasteiger partial charge in [-0.05, 0) is 64.8 Å². The SMILES string of the molecule is CCOC(=O)C1CCN(C(=O)CCN(C(COC(C)(C)C)C(=O)NO)S(=O)(=O)c2ccc(OC)cc2)CC1. The molecule has 2 amide bonds. The van der Waals surface area contributed by atoms with Crippen LogP contribution in [0, 0.1) is 5.92 Å². The molecule has 2 rings (SSSR count). The Bertz CT molecular complexity index is 1050. The number of ether oxygens (including phenoxy) is 3. The van der Waals surface area contributed by atoms with Crippen molar-refractivity contribution in [2.75, 3.05) is 40.0 Å². The van der Waals surface area contributed by atoms with Crippen molar-refractivity contribution in [1.29, 1.82) is 0 Å². The van der Waals surface area contributed by atoms with Crippen LogP contribution in [0.5, 0.6) is 5.75 Å². The molecule has 1 aromatic rings. The molecule has 0 bridgehead atoms. The third-order valence-corrected chi connectivity index (χ3v) is 8.04. The maximum atomic E-state index is 13.7. The van der Waals surface area contributed by atoms with Gasteiger partial charge in [0.15, 0.2) is 0 Å². The summed E-state index contributed by atoms with van der Waals surface area (Å²) >= 11 is 0. The Labute approximate surface area is 224 Å². The number of esters is 1.